The Morgan fingerprint density at radius 1 is 1.50 bits per heavy atom. The summed E-state index contributed by atoms with van der Waals surface area (Å²) in [6.45, 7) is 7.66. The normalized spacial score (nSPS) is 15.3. The second-order valence-corrected chi connectivity index (χ2v) is 5.89. The fourth-order valence-electron chi connectivity index (χ4n) is 2.17. The molecule has 2 amide bonds. The number of oxazole rings is 1. The van der Waals surface area contributed by atoms with Crippen LogP contribution in [0.1, 0.15) is 33.1 Å². The Labute approximate surface area is 129 Å². The van der Waals surface area contributed by atoms with E-state index in [4.69, 9.17) is 4.42 Å². The molecule has 3 N–H and O–H groups in total. The highest BCUT2D eigenvalue weighted by Crippen LogP contribution is 2.20. The molecule has 0 aliphatic heterocycles. The number of hydrogen-bond donors (Lipinski definition) is 3. The molecule has 2 unspecified atom stereocenters. The van der Waals surface area contributed by atoms with Crippen molar-refractivity contribution in [1.29, 1.82) is 0 Å². The Balaban J connectivity index is 1.96. The minimum Gasteiger partial charge on any atom is -0.441 e. The van der Waals surface area contributed by atoms with E-state index in [0.717, 1.165) is 11.9 Å². The van der Waals surface area contributed by atoms with Gasteiger partial charge in [0, 0.05) is 25.2 Å². The molecule has 1 aromatic carbocycles. The van der Waals surface area contributed by atoms with E-state index in [9.17, 15) is 9.90 Å². The van der Waals surface area contributed by atoms with Gasteiger partial charge in [0.25, 0.3) is 0 Å². The number of hydrogen-bond acceptors (Lipinski definition) is 4. The van der Waals surface area contributed by atoms with Gasteiger partial charge in [-0.1, -0.05) is 20.3 Å². The predicted octanol–water partition coefficient (Wildman–Crippen LogP) is 3.05. The molecular formula is C16H23N3O3. The molecule has 0 radical (unpaired) electrons. The number of fused-ring (bicyclic) bond motifs is 1. The van der Waals surface area contributed by atoms with Crippen molar-refractivity contribution >= 4 is 22.8 Å². The van der Waals surface area contributed by atoms with Crippen molar-refractivity contribution < 1.29 is 14.3 Å². The van der Waals surface area contributed by atoms with Gasteiger partial charge in [0.2, 0.25) is 0 Å². The van der Waals surface area contributed by atoms with Crippen LogP contribution in [-0.4, -0.2) is 28.3 Å². The number of carbonyl (C=O) groups is 1. The van der Waals surface area contributed by atoms with Crippen molar-refractivity contribution in [3.63, 3.8) is 0 Å². The van der Waals surface area contributed by atoms with E-state index in [1.54, 1.807) is 32.0 Å². The van der Waals surface area contributed by atoms with Crippen molar-refractivity contribution in [2.75, 3.05) is 11.9 Å². The van der Waals surface area contributed by atoms with Crippen molar-refractivity contribution in [3.8, 4) is 0 Å². The van der Waals surface area contributed by atoms with Crippen LogP contribution in [0.2, 0.25) is 0 Å². The first-order chi connectivity index (χ1) is 10.3. The van der Waals surface area contributed by atoms with Crippen LogP contribution in [0.5, 0.6) is 0 Å². The molecule has 0 saturated carbocycles. The van der Waals surface area contributed by atoms with Crippen LogP contribution >= 0.6 is 0 Å². The number of aromatic nitrogens is 1. The highest BCUT2D eigenvalue weighted by Gasteiger charge is 2.27. The molecule has 0 fully saturated rings. The number of nitrogens with zero attached hydrogens (tertiary/aromatic N) is 1. The number of carbonyl (C=O) groups excluding carboxylic acids is 1. The van der Waals surface area contributed by atoms with E-state index in [1.807, 2.05) is 13.8 Å². The maximum Gasteiger partial charge on any atom is 0.319 e. The van der Waals surface area contributed by atoms with Crippen LogP contribution in [0.25, 0.3) is 11.1 Å². The van der Waals surface area contributed by atoms with E-state index in [2.05, 4.69) is 15.6 Å². The zero-order chi connectivity index (χ0) is 16.3. The van der Waals surface area contributed by atoms with Crippen molar-refractivity contribution in [1.82, 2.24) is 10.3 Å². The second-order valence-electron chi connectivity index (χ2n) is 5.89. The predicted molar refractivity (Wildman–Crippen MR) is 85.8 cm³/mol. The Morgan fingerprint density at radius 2 is 2.23 bits per heavy atom. The summed E-state index contributed by atoms with van der Waals surface area (Å²) >= 11 is 0. The third-order valence-electron chi connectivity index (χ3n) is 4.03. The van der Waals surface area contributed by atoms with Gasteiger partial charge in [-0.2, -0.15) is 0 Å². The van der Waals surface area contributed by atoms with Crippen molar-refractivity contribution in [3.05, 3.63) is 24.1 Å². The summed E-state index contributed by atoms with van der Waals surface area (Å²) in [5, 5.41) is 15.7. The van der Waals surface area contributed by atoms with Gasteiger partial charge in [0.1, 0.15) is 5.52 Å². The van der Waals surface area contributed by atoms with Crippen molar-refractivity contribution in [2.24, 2.45) is 5.92 Å². The molecule has 2 atom stereocenters. The summed E-state index contributed by atoms with van der Waals surface area (Å²) in [7, 11) is 0. The van der Waals surface area contributed by atoms with Gasteiger partial charge in [-0.3, -0.25) is 0 Å². The molecule has 1 aromatic heterocycles. The molecule has 6 nitrogen and oxygen atoms in total. The zero-order valence-corrected chi connectivity index (χ0v) is 13.4. The average molecular weight is 305 g/mol. The van der Waals surface area contributed by atoms with E-state index in [1.165, 1.54) is 0 Å². The molecule has 120 valence electrons. The molecular weight excluding hydrogens is 282 g/mol. The SMILES string of the molecule is CCC(C)C(C)(O)CNC(=O)Nc1ccc2nc(C)oc2c1. The molecule has 22 heavy (non-hydrogen) atoms. The molecule has 0 aliphatic carbocycles. The quantitative estimate of drug-likeness (QED) is 0.792. The van der Waals surface area contributed by atoms with Crippen LogP contribution < -0.4 is 10.6 Å². The number of aliphatic hydroxyl groups is 1. The van der Waals surface area contributed by atoms with Gasteiger partial charge in [-0.05, 0) is 25.0 Å². The molecule has 1 heterocycles. The lowest BCUT2D eigenvalue weighted by atomic mass is 9.89. The third-order valence-corrected chi connectivity index (χ3v) is 4.03. The number of benzene rings is 1. The maximum atomic E-state index is 11.9. The van der Waals surface area contributed by atoms with Crippen LogP contribution in [0, 0.1) is 12.8 Å². The van der Waals surface area contributed by atoms with Gasteiger partial charge in [-0.25, -0.2) is 9.78 Å². The van der Waals surface area contributed by atoms with Crippen molar-refractivity contribution in [2.45, 2.75) is 39.7 Å². The molecule has 2 aromatic rings. The van der Waals surface area contributed by atoms with Gasteiger partial charge < -0.3 is 20.2 Å². The number of urea groups is 1. The minimum absolute atomic E-state index is 0.0984. The summed E-state index contributed by atoms with van der Waals surface area (Å²) in [6, 6.07) is 4.91. The average Bonchev–Trinajstić information content (AvgIpc) is 2.83. The first kappa shape index (κ1) is 16.3. The lowest BCUT2D eigenvalue weighted by Crippen LogP contribution is -2.46. The Morgan fingerprint density at radius 3 is 2.91 bits per heavy atom. The first-order valence-corrected chi connectivity index (χ1v) is 7.46. The molecule has 0 spiro atoms. The Bertz CT molecular complexity index is 664. The summed E-state index contributed by atoms with van der Waals surface area (Å²) in [4.78, 5) is 16.1. The summed E-state index contributed by atoms with van der Waals surface area (Å²) in [6.07, 6.45) is 0.845. The number of aryl methyl sites for hydroxylation is 1. The molecule has 0 saturated heterocycles. The first-order valence-electron chi connectivity index (χ1n) is 7.46. The number of amides is 2. The molecule has 2 rings (SSSR count). The van der Waals surface area contributed by atoms with Crippen LogP contribution in [0.3, 0.4) is 0 Å². The topological polar surface area (TPSA) is 87.4 Å². The summed E-state index contributed by atoms with van der Waals surface area (Å²) in [5.41, 5.74) is 1.06. The largest absolute Gasteiger partial charge is 0.441 e. The standard InChI is InChI=1S/C16H23N3O3/c1-5-10(2)16(4,21)9-17-15(20)19-12-6-7-13-14(8-12)22-11(3)18-13/h6-8,10,21H,5,9H2,1-4H3,(H2,17,19,20). The maximum absolute atomic E-state index is 11.9. The number of nitrogens with one attached hydrogen (secondary N) is 2. The Kier molecular flexibility index (Phi) is 4.71. The molecule has 0 bridgehead atoms. The lowest BCUT2D eigenvalue weighted by Gasteiger charge is -2.29. The van der Waals surface area contributed by atoms with E-state index >= 15 is 0 Å². The highest BCUT2D eigenvalue weighted by atomic mass is 16.3. The van der Waals surface area contributed by atoms with Crippen LogP contribution in [0.4, 0.5) is 10.5 Å². The fourth-order valence-corrected chi connectivity index (χ4v) is 2.17. The third kappa shape index (κ3) is 3.76. The van der Waals surface area contributed by atoms with Crippen LogP contribution in [-0.2, 0) is 0 Å². The van der Waals surface area contributed by atoms with E-state index in [0.29, 0.717) is 17.2 Å². The minimum atomic E-state index is -0.932. The number of anilines is 1. The molecule has 6 heteroatoms. The van der Waals surface area contributed by atoms with Gasteiger partial charge in [0.05, 0.1) is 5.60 Å². The van der Waals surface area contributed by atoms with E-state index < -0.39 is 5.60 Å². The highest BCUT2D eigenvalue weighted by molar-refractivity contribution is 5.91. The Hall–Kier alpha value is -2.08. The monoisotopic (exact) mass is 305 g/mol. The second kappa shape index (κ2) is 6.36. The molecule has 0 aliphatic rings. The van der Waals surface area contributed by atoms with Crippen LogP contribution in [0.15, 0.2) is 22.6 Å². The summed E-state index contributed by atoms with van der Waals surface area (Å²) in [5.74, 6) is 0.683. The van der Waals surface area contributed by atoms with Gasteiger partial charge in [-0.15, -0.1) is 0 Å². The lowest BCUT2D eigenvalue weighted by molar-refractivity contribution is 0.00827. The number of rotatable bonds is 5. The zero-order valence-electron chi connectivity index (χ0n) is 13.4. The van der Waals surface area contributed by atoms with Gasteiger partial charge >= 0.3 is 6.03 Å². The van der Waals surface area contributed by atoms with Gasteiger partial charge in [0.15, 0.2) is 11.5 Å². The smallest absolute Gasteiger partial charge is 0.319 e. The summed E-state index contributed by atoms with van der Waals surface area (Å²) < 4.78 is 5.43. The van der Waals surface area contributed by atoms with E-state index in [-0.39, 0.29) is 18.5 Å². The fraction of sp³-hybridized carbons (Fsp3) is 0.500.